The summed E-state index contributed by atoms with van der Waals surface area (Å²) in [5.74, 6) is -0.131. The monoisotopic (exact) mass is 289 g/mol. The van der Waals surface area contributed by atoms with Gasteiger partial charge in [-0.3, -0.25) is 4.79 Å². The van der Waals surface area contributed by atoms with Crippen LogP contribution in [0, 0.1) is 5.92 Å². The fourth-order valence-corrected chi connectivity index (χ4v) is 2.46. The summed E-state index contributed by atoms with van der Waals surface area (Å²) >= 11 is 0. The van der Waals surface area contributed by atoms with Crippen molar-refractivity contribution in [3.63, 3.8) is 0 Å². The van der Waals surface area contributed by atoms with Crippen LogP contribution in [0.2, 0.25) is 0 Å². The lowest BCUT2D eigenvalue weighted by molar-refractivity contribution is -0.124. The molecule has 0 radical (unpaired) electrons. The largest absolute Gasteiger partial charge is 0.452 e. The lowest BCUT2D eigenvalue weighted by Crippen LogP contribution is -2.30. The minimum Gasteiger partial charge on any atom is -0.452 e. The number of esters is 1. The van der Waals surface area contributed by atoms with Crippen LogP contribution in [0.4, 0.5) is 0 Å². The number of carbonyl (C=O) groups is 2. The maximum Gasteiger partial charge on any atom is 0.338 e. The summed E-state index contributed by atoms with van der Waals surface area (Å²) in [5, 5.41) is 2.75. The molecule has 0 aliphatic heterocycles. The zero-order chi connectivity index (χ0) is 15.2. The third kappa shape index (κ3) is 4.59. The van der Waals surface area contributed by atoms with Crippen molar-refractivity contribution < 1.29 is 14.3 Å². The zero-order valence-corrected chi connectivity index (χ0v) is 12.8. The highest BCUT2D eigenvalue weighted by atomic mass is 16.5. The van der Waals surface area contributed by atoms with Crippen molar-refractivity contribution in [1.82, 2.24) is 5.32 Å². The summed E-state index contributed by atoms with van der Waals surface area (Å²) in [5.41, 5.74) is 3.08. The zero-order valence-electron chi connectivity index (χ0n) is 12.8. The van der Waals surface area contributed by atoms with E-state index in [1.165, 1.54) is 11.1 Å². The Balaban J connectivity index is 1.78. The van der Waals surface area contributed by atoms with Gasteiger partial charge in [0.2, 0.25) is 0 Å². The first-order chi connectivity index (χ1) is 10.1. The number of amides is 1. The number of fused-ring (bicyclic) bond motifs is 1. The first-order valence-corrected chi connectivity index (χ1v) is 7.62. The molecule has 1 N–H and O–H groups in total. The summed E-state index contributed by atoms with van der Waals surface area (Å²) in [6, 6.07) is 5.66. The van der Waals surface area contributed by atoms with Gasteiger partial charge < -0.3 is 10.1 Å². The van der Waals surface area contributed by atoms with Gasteiger partial charge in [0.25, 0.3) is 5.91 Å². The number of ether oxygens (including phenoxy) is 1. The highest BCUT2D eigenvalue weighted by Crippen LogP contribution is 2.23. The minimum absolute atomic E-state index is 0.214. The number of nitrogens with one attached hydrogen (secondary N) is 1. The second-order valence-electron chi connectivity index (χ2n) is 5.95. The molecule has 0 heterocycles. The summed E-state index contributed by atoms with van der Waals surface area (Å²) in [4.78, 5) is 23.5. The maximum absolute atomic E-state index is 11.9. The lowest BCUT2D eigenvalue weighted by Gasteiger charge is -2.08. The van der Waals surface area contributed by atoms with Crippen LogP contribution in [-0.2, 0) is 22.4 Å². The molecule has 0 bridgehead atoms. The van der Waals surface area contributed by atoms with Gasteiger partial charge in [-0.05, 0) is 54.9 Å². The van der Waals surface area contributed by atoms with E-state index in [-0.39, 0.29) is 12.5 Å². The van der Waals surface area contributed by atoms with E-state index in [2.05, 4.69) is 19.2 Å². The van der Waals surface area contributed by atoms with Gasteiger partial charge in [0, 0.05) is 6.54 Å². The standard InChI is InChI=1S/C17H23NO3/c1-12(2)8-9-18-16(19)11-21-17(20)15-7-6-13-4-3-5-14(13)10-15/h6-7,10,12H,3-5,8-9,11H2,1-2H3,(H,18,19). The molecule has 0 saturated carbocycles. The van der Waals surface area contributed by atoms with Gasteiger partial charge in [-0.2, -0.15) is 0 Å². The molecule has 0 fully saturated rings. The van der Waals surface area contributed by atoms with Gasteiger partial charge in [0.05, 0.1) is 5.56 Å². The van der Waals surface area contributed by atoms with Crippen molar-refractivity contribution in [3.05, 3.63) is 34.9 Å². The van der Waals surface area contributed by atoms with Gasteiger partial charge in [0.15, 0.2) is 6.61 Å². The Morgan fingerprint density at radius 1 is 1.24 bits per heavy atom. The molecule has 1 amide bonds. The molecule has 21 heavy (non-hydrogen) atoms. The van der Waals surface area contributed by atoms with E-state index in [1.54, 1.807) is 6.07 Å². The summed E-state index contributed by atoms with van der Waals surface area (Å²) in [6.07, 6.45) is 4.17. The second kappa shape index (κ2) is 7.25. The predicted molar refractivity (Wildman–Crippen MR) is 81.2 cm³/mol. The smallest absolute Gasteiger partial charge is 0.338 e. The molecule has 4 nitrogen and oxygen atoms in total. The van der Waals surface area contributed by atoms with Crippen molar-refractivity contribution in [2.45, 2.75) is 39.5 Å². The van der Waals surface area contributed by atoms with Gasteiger partial charge in [-0.25, -0.2) is 4.79 Å². The van der Waals surface area contributed by atoms with Crippen molar-refractivity contribution in [2.24, 2.45) is 5.92 Å². The molecular formula is C17H23NO3. The highest BCUT2D eigenvalue weighted by Gasteiger charge is 2.15. The van der Waals surface area contributed by atoms with Crippen LogP contribution in [0.25, 0.3) is 0 Å². The minimum atomic E-state index is -0.427. The molecule has 1 aliphatic carbocycles. The fraction of sp³-hybridized carbons (Fsp3) is 0.529. The molecular weight excluding hydrogens is 266 g/mol. The van der Waals surface area contributed by atoms with Gasteiger partial charge >= 0.3 is 5.97 Å². The molecule has 4 heteroatoms. The normalized spacial score (nSPS) is 13.1. The van der Waals surface area contributed by atoms with Crippen molar-refractivity contribution in [1.29, 1.82) is 0 Å². The Hall–Kier alpha value is -1.84. The second-order valence-corrected chi connectivity index (χ2v) is 5.95. The average molecular weight is 289 g/mol. The van der Waals surface area contributed by atoms with Crippen LogP contribution in [-0.4, -0.2) is 25.0 Å². The first-order valence-electron chi connectivity index (χ1n) is 7.62. The Morgan fingerprint density at radius 3 is 2.76 bits per heavy atom. The van der Waals surface area contributed by atoms with Crippen molar-refractivity contribution in [2.75, 3.05) is 13.2 Å². The van der Waals surface area contributed by atoms with Crippen LogP contribution in [0.5, 0.6) is 0 Å². The van der Waals surface area contributed by atoms with Crippen molar-refractivity contribution >= 4 is 11.9 Å². The first kappa shape index (κ1) is 15.5. The van der Waals surface area contributed by atoms with Gasteiger partial charge in [-0.1, -0.05) is 19.9 Å². The Kier molecular flexibility index (Phi) is 5.37. The molecule has 1 aliphatic rings. The number of carbonyl (C=O) groups excluding carboxylic acids is 2. The Morgan fingerprint density at radius 2 is 2.00 bits per heavy atom. The summed E-state index contributed by atoms with van der Waals surface area (Å²) in [7, 11) is 0. The molecule has 0 saturated heterocycles. The average Bonchev–Trinajstić information content (AvgIpc) is 2.91. The van der Waals surface area contributed by atoms with Crippen LogP contribution < -0.4 is 5.32 Å². The molecule has 0 aromatic heterocycles. The van der Waals surface area contributed by atoms with E-state index in [0.717, 1.165) is 25.7 Å². The number of hydrogen-bond donors (Lipinski definition) is 1. The highest BCUT2D eigenvalue weighted by molar-refractivity contribution is 5.91. The molecule has 2 rings (SSSR count). The van der Waals surface area contributed by atoms with Crippen LogP contribution >= 0.6 is 0 Å². The van der Waals surface area contributed by atoms with E-state index in [0.29, 0.717) is 18.0 Å². The number of aryl methyl sites for hydroxylation is 2. The van der Waals surface area contributed by atoms with E-state index in [4.69, 9.17) is 4.74 Å². The third-order valence-corrected chi connectivity index (χ3v) is 3.71. The third-order valence-electron chi connectivity index (χ3n) is 3.71. The molecule has 1 aromatic carbocycles. The molecule has 0 atom stereocenters. The van der Waals surface area contributed by atoms with E-state index in [9.17, 15) is 9.59 Å². The van der Waals surface area contributed by atoms with Gasteiger partial charge in [0.1, 0.15) is 0 Å². The summed E-state index contributed by atoms with van der Waals surface area (Å²) in [6.45, 7) is 4.60. The van der Waals surface area contributed by atoms with Crippen LogP contribution in [0.3, 0.4) is 0 Å². The number of rotatable bonds is 6. The van der Waals surface area contributed by atoms with E-state index < -0.39 is 5.97 Å². The topological polar surface area (TPSA) is 55.4 Å². The molecule has 0 unspecified atom stereocenters. The Bertz CT molecular complexity index is 523. The number of benzene rings is 1. The quantitative estimate of drug-likeness (QED) is 0.819. The van der Waals surface area contributed by atoms with Gasteiger partial charge in [-0.15, -0.1) is 0 Å². The number of hydrogen-bond acceptors (Lipinski definition) is 3. The maximum atomic E-state index is 11.9. The lowest BCUT2D eigenvalue weighted by atomic mass is 10.1. The SMILES string of the molecule is CC(C)CCNC(=O)COC(=O)c1ccc2c(c1)CCC2. The summed E-state index contributed by atoms with van der Waals surface area (Å²) < 4.78 is 5.06. The van der Waals surface area contributed by atoms with E-state index >= 15 is 0 Å². The molecule has 1 aromatic rings. The molecule has 114 valence electrons. The van der Waals surface area contributed by atoms with Crippen LogP contribution in [0.1, 0.15) is 48.2 Å². The fourth-order valence-electron chi connectivity index (χ4n) is 2.46. The van der Waals surface area contributed by atoms with Crippen LogP contribution in [0.15, 0.2) is 18.2 Å². The van der Waals surface area contributed by atoms with Crippen molar-refractivity contribution in [3.8, 4) is 0 Å². The molecule has 0 spiro atoms. The Labute approximate surface area is 125 Å². The van der Waals surface area contributed by atoms with E-state index in [1.807, 2.05) is 12.1 Å². The predicted octanol–water partition coefficient (Wildman–Crippen LogP) is 2.49.